The lowest BCUT2D eigenvalue weighted by Crippen LogP contribution is -2.28. The summed E-state index contributed by atoms with van der Waals surface area (Å²) in [5.41, 5.74) is 0. The van der Waals surface area contributed by atoms with E-state index in [1.807, 2.05) is 0 Å². The topological polar surface area (TPSA) is 106 Å². The molecule has 1 aromatic rings. The van der Waals surface area contributed by atoms with Crippen LogP contribution in [0.15, 0.2) is 34.1 Å². The van der Waals surface area contributed by atoms with Crippen LogP contribution in [0.2, 0.25) is 0 Å². The molecule has 0 aliphatic carbocycles. The van der Waals surface area contributed by atoms with Gasteiger partial charge in [-0.25, -0.2) is 25.3 Å². The normalized spacial score (nSPS) is 25.1. The summed E-state index contributed by atoms with van der Waals surface area (Å²) in [5.74, 6) is -0.554. The molecule has 1 atom stereocenters. The van der Waals surface area contributed by atoms with Gasteiger partial charge in [-0.1, -0.05) is 6.07 Å². The Hall–Kier alpha value is -0.970. The van der Waals surface area contributed by atoms with Crippen LogP contribution in [0.3, 0.4) is 0 Å². The van der Waals surface area contributed by atoms with Crippen LogP contribution in [0.5, 0.6) is 0 Å². The summed E-state index contributed by atoms with van der Waals surface area (Å²) in [5, 5.41) is -1.01. The zero-order valence-corrected chi connectivity index (χ0v) is 15.4. The third-order valence-electron chi connectivity index (χ3n) is 4.47. The van der Waals surface area contributed by atoms with Crippen molar-refractivity contribution in [2.45, 2.75) is 34.3 Å². The molecule has 2 aliphatic rings. The molecular formula is C14H19NO6S3. The van der Waals surface area contributed by atoms with Crippen LogP contribution in [-0.4, -0.2) is 59.4 Å². The van der Waals surface area contributed by atoms with Crippen molar-refractivity contribution in [1.82, 2.24) is 4.31 Å². The molecule has 1 aromatic carbocycles. The average molecular weight is 394 g/mol. The van der Waals surface area contributed by atoms with E-state index in [2.05, 4.69) is 0 Å². The monoisotopic (exact) mass is 393 g/mol. The summed E-state index contributed by atoms with van der Waals surface area (Å²) in [6.45, 7) is 0.861. The molecule has 2 aliphatic heterocycles. The molecule has 0 saturated carbocycles. The Bertz CT molecular complexity index is 944. The SMILES string of the molecule is O=S1(=O)CC[C@@H](S(=O)(=O)c2cccc(S(=O)(=O)N3CCCC3)c2)C1. The van der Waals surface area contributed by atoms with E-state index in [1.165, 1.54) is 22.5 Å². The molecule has 7 nitrogen and oxygen atoms in total. The summed E-state index contributed by atoms with van der Waals surface area (Å²) in [7, 11) is -10.9. The summed E-state index contributed by atoms with van der Waals surface area (Å²) in [4.78, 5) is -0.198. The molecule has 0 radical (unpaired) electrons. The highest BCUT2D eigenvalue weighted by Gasteiger charge is 2.38. The Morgan fingerprint density at radius 1 is 1.00 bits per heavy atom. The number of sulfonamides is 1. The molecule has 10 heteroatoms. The molecule has 3 rings (SSSR count). The maximum atomic E-state index is 12.6. The Kier molecular flexibility index (Phi) is 4.52. The van der Waals surface area contributed by atoms with Gasteiger partial charge in [0.05, 0.1) is 26.5 Å². The van der Waals surface area contributed by atoms with Gasteiger partial charge in [0.1, 0.15) is 0 Å². The minimum absolute atomic E-state index is 0.0494. The molecule has 134 valence electrons. The van der Waals surface area contributed by atoms with Crippen molar-refractivity contribution in [3.63, 3.8) is 0 Å². The number of hydrogen-bond donors (Lipinski definition) is 0. The van der Waals surface area contributed by atoms with Gasteiger partial charge in [0.25, 0.3) is 0 Å². The lowest BCUT2D eigenvalue weighted by atomic mass is 10.4. The first kappa shape index (κ1) is 17.8. The smallest absolute Gasteiger partial charge is 0.229 e. The third-order valence-corrected chi connectivity index (χ3v) is 10.5. The second kappa shape index (κ2) is 6.08. The van der Waals surface area contributed by atoms with Crippen LogP contribution >= 0.6 is 0 Å². The van der Waals surface area contributed by atoms with Crippen LogP contribution in [0.4, 0.5) is 0 Å². The van der Waals surface area contributed by atoms with E-state index in [-0.39, 0.29) is 22.0 Å². The van der Waals surface area contributed by atoms with E-state index in [0.29, 0.717) is 13.1 Å². The van der Waals surface area contributed by atoms with Crippen molar-refractivity contribution in [2.24, 2.45) is 0 Å². The van der Waals surface area contributed by atoms with Gasteiger partial charge in [0.15, 0.2) is 19.7 Å². The van der Waals surface area contributed by atoms with E-state index in [9.17, 15) is 25.3 Å². The average Bonchev–Trinajstić information content (AvgIpc) is 3.17. The fourth-order valence-electron chi connectivity index (χ4n) is 3.09. The van der Waals surface area contributed by atoms with Gasteiger partial charge in [0, 0.05) is 13.1 Å². The number of hydrogen-bond acceptors (Lipinski definition) is 6. The van der Waals surface area contributed by atoms with Gasteiger partial charge in [0.2, 0.25) is 10.0 Å². The van der Waals surface area contributed by atoms with Crippen LogP contribution in [0.1, 0.15) is 19.3 Å². The number of benzene rings is 1. The highest BCUT2D eigenvalue weighted by Crippen LogP contribution is 2.28. The number of nitrogens with zero attached hydrogens (tertiary/aromatic N) is 1. The number of rotatable bonds is 4. The molecule has 0 N–H and O–H groups in total. The number of sulfone groups is 2. The van der Waals surface area contributed by atoms with Gasteiger partial charge >= 0.3 is 0 Å². The minimum Gasteiger partial charge on any atom is -0.229 e. The Labute approximate surface area is 142 Å². The maximum absolute atomic E-state index is 12.6. The molecule has 0 spiro atoms. The first-order chi connectivity index (χ1) is 11.1. The van der Waals surface area contributed by atoms with Crippen LogP contribution in [-0.2, 0) is 29.7 Å². The van der Waals surface area contributed by atoms with Gasteiger partial charge < -0.3 is 0 Å². The maximum Gasteiger partial charge on any atom is 0.243 e. The zero-order chi connectivity index (χ0) is 17.6. The van der Waals surface area contributed by atoms with Crippen LogP contribution in [0.25, 0.3) is 0 Å². The van der Waals surface area contributed by atoms with Crippen LogP contribution in [0, 0.1) is 0 Å². The molecular weight excluding hydrogens is 374 g/mol. The molecule has 0 unspecified atom stereocenters. The molecule has 0 amide bonds. The predicted octanol–water partition coefficient (Wildman–Crippen LogP) is 0.432. The van der Waals surface area contributed by atoms with E-state index < -0.39 is 40.7 Å². The lowest BCUT2D eigenvalue weighted by Gasteiger charge is -2.16. The Morgan fingerprint density at radius 2 is 1.62 bits per heavy atom. The van der Waals surface area contributed by atoms with Crippen molar-refractivity contribution in [2.75, 3.05) is 24.6 Å². The van der Waals surface area contributed by atoms with E-state index in [4.69, 9.17) is 0 Å². The largest absolute Gasteiger partial charge is 0.243 e. The summed E-state index contributed by atoms with van der Waals surface area (Å²) in [6, 6.07) is 5.23. The quantitative estimate of drug-likeness (QED) is 0.734. The fourth-order valence-corrected chi connectivity index (χ4v) is 9.13. The van der Waals surface area contributed by atoms with Crippen molar-refractivity contribution < 1.29 is 25.3 Å². The second-order valence-electron chi connectivity index (χ2n) is 6.16. The molecule has 2 saturated heterocycles. The molecule has 2 heterocycles. The van der Waals surface area contributed by atoms with Gasteiger partial charge in [-0.2, -0.15) is 4.31 Å². The Balaban J connectivity index is 1.96. The Morgan fingerprint density at radius 3 is 2.21 bits per heavy atom. The summed E-state index contributed by atoms with van der Waals surface area (Å²) >= 11 is 0. The van der Waals surface area contributed by atoms with Gasteiger partial charge in [-0.3, -0.25) is 0 Å². The van der Waals surface area contributed by atoms with E-state index in [0.717, 1.165) is 18.9 Å². The van der Waals surface area contributed by atoms with Gasteiger partial charge in [-0.05, 0) is 37.5 Å². The fraction of sp³-hybridized carbons (Fsp3) is 0.571. The first-order valence-electron chi connectivity index (χ1n) is 7.67. The molecule has 24 heavy (non-hydrogen) atoms. The third kappa shape index (κ3) is 3.24. The summed E-state index contributed by atoms with van der Waals surface area (Å²) in [6.07, 6.45) is 1.63. The van der Waals surface area contributed by atoms with Crippen molar-refractivity contribution in [3.05, 3.63) is 24.3 Å². The first-order valence-corrected chi connectivity index (χ1v) is 12.5. The second-order valence-corrected chi connectivity index (χ2v) is 12.6. The van der Waals surface area contributed by atoms with Crippen LogP contribution < -0.4 is 0 Å². The molecule has 0 aromatic heterocycles. The van der Waals surface area contributed by atoms with E-state index >= 15 is 0 Å². The van der Waals surface area contributed by atoms with Gasteiger partial charge in [-0.15, -0.1) is 0 Å². The van der Waals surface area contributed by atoms with Crippen molar-refractivity contribution in [1.29, 1.82) is 0 Å². The van der Waals surface area contributed by atoms with E-state index in [1.54, 1.807) is 0 Å². The zero-order valence-electron chi connectivity index (χ0n) is 13.0. The molecule has 0 bridgehead atoms. The highest BCUT2D eigenvalue weighted by atomic mass is 32.2. The highest BCUT2D eigenvalue weighted by molar-refractivity contribution is 7.96. The summed E-state index contributed by atoms with van der Waals surface area (Å²) < 4.78 is 74.9. The lowest BCUT2D eigenvalue weighted by molar-refractivity contribution is 0.477. The molecule has 2 fully saturated rings. The van der Waals surface area contributed by atoms with Crippen molar-refractivity contribution in [3.8, 4) is 0 Å². The van der Waals surface area contributed by atoms with Crippen molar-refractivity contribution >= 4 is 29.7 Å². The standard InChI is InChI=1S/C14H19NO6S3/c16-22(17)9-6-14(11-22)23(18,19)12-4-3-5-13(10-12)24(20,21)15-7-1-2-8-15/h3-5,10,14H,1-2,6-9,11H2/t14-/m1/s1. The minimum atomic E-state index is -3.88. The predicted molar refractivity (Wildman–Crippen MR) is 88.7 cm³/mol.